The number of benzene rings is 1. The molecule has 1 N–H and O–H groups in total. The number of halogens is 1. The summed E-state index contributed by atoms with van der Waals surface area (Å²) in [4.78, 5) is 13.9. The van der Waals surface area contributed by atoms with Crippen LogP contribution in [0.4, 0.5) is 0 Å². The molecule has 4 heteroatoms. The monoisotopic (exact) mass is 253 g/mol. The smallest absolute Gasteiger partial charge is 0.253 e. The van der Waals surface area contributed by atoms with Crippen LogP contribution in [0.3, 0.4) is 0 Å². The van der Waals surface area contributed by atoms with Crippen LogP contribution in [0.5, 0.6) is 5.75 Å². The predicted molar refractivity (Wildman–Crippen MR) is 67.6 cm³/mol. The van der Waals surface area contributed by atoms with Gasteiger partial charge in [0.05, 0.1) is 0 Å². The SMILES string of the molecule is Cc1ccc(C(=O)N2CCC(CCl)C2)cc1O. The minimum Gasteiger partial charge on any atom is -0.508 e. The molecule has 0 saturated carbocycles. The zero-order valence-electron chi connectivity index (χ0n) is 9.82. The lowest BCUT2D eigenvalue weighted by atomic mass is 10.1. The number of carbonyl (C=O) groups excluding carboxylic acids is 1. The van der Waals surface area contributed by atoms with Crippen LogP contribution >= 0.6 is 11.6 Å². The number of carbonyl (C=O) groups is 1. The van der Waals surface area contributed by atoms with Gasteiger partial charge in [-0.05, 0) is 37.0 Å². The first-order chi connectivity index (χ1) is 8.11. The summed E-state index contributed by atoms with van der Waals surface area (Å²) in [5.74, 6) is 1.15. The molecule has 1 saturated heterocycles. The fraction of sp³-hybridized carbons (Fsp3) is 0.462. The molecule has 1 aromatic carbocycles. The maximum absolute atomic E-state index is 12.1. The number of rotatable bonds is 2. The van der Waals surface area contributed by atoms with Crippen molar-refractivity contribution < 1.29 is 9.90 Å². The Morgan fingerprint density at radius 3 is 2.94 bits per heavy atom. The molecule has 3 nitrogen and oxygen atoms in total. The van der Waals surface area contributed by atoms with E-state index in [1.165, 1.54) is 6.07 Å². The lowest BCUT2D eigenvalue weighted by molar-refractivity contribution is 0.0788. The number of hydrogen-bond donors (Lipinski definition) is 1. The fourth-order valence-electron chi connectivity index (χ4n) is 2.07. The minimum absolute atomic E-state index is 0.0204. The normalized spacial score (nSPS) is 19.6. The summed E-state index contributed by atoms with van der Waals surface area (Å²) in [5.41, 5.74) is 1.32. The van der Waals surface area contributed by atoms with Gasteiger partial charge in [-0.1, -0.05) is 6.07 Å². The van der Waals surface area contributed by atoms with Crippen molar-refractivity contribution in [1.82, 2.24) is 4.90 Å². The number of likely N-dealkylation sites (tertiary alicyclic amines) is 1. The van der Waals surface area contributed by atoms with Gasteiger partial charge < -0.3 is 10.0 Å². The van der Waals surface area contributed by atoms with Gasteiger partial charge in [-0.2, -0.15) is 0 Å². The number of amides is 1. The number of aryl methyl sites for hydroxylation is 1. The van der Waals surface area contributed by atoms with Crippen LogP contribution in [0.15, 0.2) is 18.2 Å². The van der Waals surface area contributed by atoms with Crippen LogP contribution in [0, 0.1) is 12.8 Å². The highest BCUT2D eigenvalue weighted by Crippen LogP contribution is 2.22. The Labute approximate surface area is 106 Å². The zero-order valence-corrected chi connectivity index (χ0v) is 10.6. The van der Waals surface area contributed by atoms with Crippen LogP contribution in [0.1, 0.15) is 22.3 Å². The zero-order chi connectivity index (χ0) is 12.4. The molecule has 1 heterocycles. The van der Waals surface area contributed by atoms with Crippen LogP contribution in [-0.4, -0.2) is 34.9 Å². The topological polar surface area (TPSA) is 40.5 Å². The Morgan fingerprint density at radius 2 is 2.35 bits per heavy atom. The Kier molecular flexibility index (Phi) is 3.57. The average Bonchev–Trinajstić information content (AvgIpc) is 2.80. The molecule has 1 unspecified atom stereocenters. The Hall–Kier alpha value is -1.22. The summed E-state index contributed by atoms with van der Waals surface area (Å²) in [6.07, 6.45) is 0.965. The third kappa shape index (κ3) is 2.55. The second-order valence-electron chi connectivity index (χ2n) is 4.56. The number of phenols is 1. The van der Waals surface area contributed by atoms with E-state index in [0.29, 0.717) is 17.4 Å². The summed E-state index contributed by atoms with van der Waals surface area (Å²) in [6.45, 7) is 3.28. The molecule has 0 aliphatic carbocycles. The molecule has 2 rings (SSSR count). The first kappa shape index (κ1) is 12.2. The van der Waals surface area contributed by atoms with E-state index in [2.05, 4.69) is 0 Å². The van der Waals surface area contributed by atoms with Gasteiger partial charge in [-0.3, -0.25) is 4.79 Å². The summed E-state index contributed by atoms with van der Waals surface area (Å²) >= 11 is 5.79. The quantitative estimate of drug-likeness (QED) is 0.823. The third-order valence-electron chi connectivity index (χ3n) is 3.25. The van der Waals surface area contributed by atoms with E-state index in [1.807, 2.05) is 6.92 Å². The van der Waals surface area contributed by atoms with E-state index in [-0.39, 0.29) is 11.7 Å². The summed E-state index contributed by atoms with van der Waals surface area (Å²) in [7, 11) is 0. The number of nitrogens with zero attached hydrogens (tertiary/aromatic N) is 1. The van der Waals surface area contributed by atoms with Gasteiger partial charge in [0.1, 0.15) is 5.75 Å². The van der Waals surface area contributed by atoms with E-state index in [1.54, 1.807) is 17.0 Å². The molecule has 0 spiro atoms. The molecule has 1 amide bonds. The van der Waals surface area contributed by atoms with Crippen molar-refractivity contribution in [2.24, 2.45) is 5.92 Å². The van der Waals surface area contributed by atoms with Gasteiger partial charge >= 0.3 is 0 Å². The van der Waals surface area contributed by atoms with Crippen LogP contribution in [-0.2, 0) is 0 Å². The molecule has 1 fully saturated rings. The van der Waals surface area contributed by atoms with Crippen molar-refractivity contribution in [1.29, 1.82) is 0 Å². The van der Waals surface area contributed by atoms with E-state index >= 15 is 0 Å². The lowest BCUT2D eigenvalue weighted by Crippen LogP contribution is -2.28. The molecule has 0 radical (unpaired) electrons. The molecule has 17 heavy (non-hydrogen) atoms. The second-order valence-corrected chi connectivity index (χ2v) is 4.87. The average molecular weight is 254 g/mol. The van der Waals surface area contributed by atoms with Crippen molar-refractivity contribution >= 4 is 17.5 Å². The summed E-state index contributed by atoms with van der Waals surface area (Å²) in [5, 5.41) is 9.60. The van der Waals surface area contributed by atoms with Gasteiger partial charge in [0.2, 0.25) is 0 Å². The van der Waals surface area contributed by atoms with Gasteiger partial charge in [-0.25, -0.2) is 0 Å². The van der Waals surface area contributed by atoms with E-state index in [9.17, 15) is 9.90 Å². The Bertz CT molecular complexity index is 433. The molecule has 1 aromatic rings. The summed E-state index contributed by atoms with van der Waals surface area (Å²) in [6, 6.07) is 5.05. The standard InChI is InChI=1S/C13H16ClNO2/c1-9-2-3-11(6-12(9)16)13(17)15-5-4-10(7-14)8-15/h2-3,6,10,16H,4-5,7-8H2,1H3. The van der Waals surface area contributed by atoms with Crippen LogP contribution in [0.2, 0.25) is 0 Å². The second kappa shape index (κ2) is 4.96. The highest BCUT2D eigenvalue weighted by Gasteiger charge is 2.26. The highest BCUT2D eigenvalue weighted by molar-refractivity contribution is 6.18. The largest absolute Gasteiger partial charge is 0.508 e. The number of alkyl halides is 1. The van der Waals surface area contributed by atoms with Crippen molar-refractivity contribution in [3.05, 3.63) is 29.3 Å². The number of aromatic hydroxyl groups is 1. The van der Waals surface area contributed by atoms with Crippen molar-refractivity contribution in [2.45, 2.75) is 13.3 Å². The van der Waals surface area contributed by atoms with Crippen molar-refractivity contribution in [2.75, 3.05) is 19.0 Å². The molecule has 0 aromatic heterocycles. The molecular formula is C13H16ClNO2. The van der Waals surface area contributed by atoms with Crippen molar-refractivity contribution in [3.8, 4) is 5.75 Å². The molecule has 1 aliphatic rings. The van der Waals surface area contributed by atoms with E-state index in [0.717, 1.165) is 25.1 Å². The number of hydrogen-bond acceptors (Lipinski definition) is 2. The first-order valence-corrected chi connectivity index (χ1v) is 6.30. The van der Waals surface area contributed by atoms with Crippen molar-refractivity contribution in [3.63, 3.8) is 0 Å². The summed E-state index contributed by atoms with van der Waals surface area (Å²) < 4.78 is 0. The molecule has 1 atom stereocenters. The Morgan fingerprint density at radius 1 is 1.59 bits per heavy atom. The fourth-order valence-corrected chi connectivity index (χ4v) is 2.32. The van der Waals surface area contributed by atoms with E-state index < -0.39 is 0 Å². The molecular weight excluding hydrogens is 238 g/mol. The maximum atomic E-state index is 12.1. The van der Waals surface area contributed by atoms with Gasteiger partial charge in [-0.15, -0.1) is 11.6 Å². The van der Waals surface area contributed by atoms with Crippen LogP contribution in [0.25, 0.3) is 0 Å². The van der Waals surface area contributed by atoms with Gasteiger partial charge in [0.15, 0.2) is 0 Å². The molecule has 1 aliphatic heterocycles. The van der Waals surface area contributed by atoms with Gasteiger partial charge in [0.25, 0.3) is 5.91 Å². The third-order valence-corrected chi connectivity index (χ3v) is 3.68. The number of phenolic OH excluding ortho intramolecular Hbond substituents is 1. The highest BCUT2D eigenvalue weighted by atomic mass is 35.5. The first-order valence-electron chi connectivity index (χ1n) is 5.76. The predicted octanol–water partition coefficient (Wildman–Crippen LogP) is 2.40. The minimum atomic E-state index is -0.0204. The lowest BCUT2D eigenvalue weighted by Gasteiger charge is -2.16. The molecule has 92 valence electrons. The molecule has 0 bridgehead atoms. The van der Waals surface area contributed by atoms with Gasteiger partial charge in [0, 0.05) is 24.5 Å². The van der Waals surface area contributed by atoms with Crippen LogP contribution < -0.4 is 0 Å². The maximum Gasteiger partial charge on any atom is 0.253 e. The van der Waals surface area contributed by atoms with E-state index in [4.69, 9.17) is 11.6 Å². The Balaban J connectivity index is 2.12.